The van der Waals surface area contributed by atoms with Crippen LogP contribution in [0.4, 0.5) is 5.69 Å². The van der Waals surface area contributed by atoms with Gasteiger partial charge in [0, 0.05) is 25.3 Å². The maximum Gasteiger partial charge on any atom is 0.323 e. The molecular formula is C16H16N4O4S. The molecule has 0 aliphatic heterocycles. The largest absolute Gasteiger partial charge is 0.323 e. The summed E-state index contributed by atoms with van der Waals surface area (Å²) in [6.07, 6.45) is 0. The van der Waals surface area contributed by atoms with Gasteiger partial charge in [-0.2, -0.15) is 0 Å². The Hall–Kier alpha value is -2.91. The van der Waals surface area contributed by atoms with E-state index in [2.05, 4.69) is 15.3 Å². The molecule has 1 aromatic heterocycles. The molecule has 0 atom stereocenters. The highest BCUT2D eigenvalue weighted by Gasteiger charge is 2.18. The monoisotopic (exact) mass is 360 g/mol. The first-order valence-electron chi connectivity index (χ1n) is 7.33. The molecule has 2 aromatic carbocycles. The van der Waals surface area contributed by atoms with Crippen LogP contribution < -0.4 is 11.0 Å². The standard InChI is InChI=1S/C16H16N4O4S/c1-20(2)25(23,24)12-5-3-4-10(8-12)15(21)17-11-6-7-13-14(9-11)19-16(22)18-13/h3-9H,1-2H3,(H,17,21)(H2,18,19,22). The van der Waals surface area contributed by atoms with Gasteiger partial charge in [-0.05, 0) is 36.4 Å². The zero-order valence-corrected chi connectivity index (χ0v) is 14.3. The van der Waals surface area contributed by atoms with Gasteiger partial charge in [0.25, 0.3) is 5.91 Å². The summed E-state index contributed by atoms with van der Waals surface area (Å²) in [4.78, 5) is 28.9. The van der Waals surface area contributed by atoms with Crippen LogP contribution in [0.15, 0.2) is 52.2 Å². The zero-order valence-electron chi connectivity index (χ0n) is 13.5. The first kappa shape index (κ1) is 16.9. The van der Waals surface area contributed by atoms with E-state index in [1.54, 1.807) is 18.2 Å². The van der Waals surface area contributed by atoms with Crippen molar-refractivity contribution in [2.24, 2.45) is 0 Å². The number of anilines is 1. The summed E-state index contributed by atoms with van der Waals surface area (Å²) < 4.78 is 25.4. The second-order valence-electron chi connectivity index (χ2n) is 5.61. The van der Waals surface area contributed by atoms with Crippen molar-refractivity contribution in [1.29, 1.82) is 0 Å². The topological polar surface area (TPSA) is 115 Å². The second kappa shape index (κ2) is 6.19. The van der Waals surface area contributed by atoms with Crippen LogP contribution in [0.25, 0.3) is 11.0 Å². The van der Waals surface area contributed by atoms with Crippen LogP contribution >= 0.6 is 0 Å². The van der Waals surface area contributed by atoms with Crippen LogP contribution in [0.3, 0.4) is 0 Å². The number of fused-ring (bicyclic) bond motifs is 1. The number of aromatic amines is 2. The molecule has 0 saturated heterocycles. The smallest absolute Gasteiger partial charge is 0.322 e. The lowest BCUT2D eigenvalue weighted by Crippen LogP contribution is -2.22. The molecule has 3 N–H and O–H groups in total. The third-order valence-electron chi connectivity index (χ3n) is 3.65. The van der Waals surface area contributed by atoms with Gasteiger partial charge in [0.2, 0.25) is 10.0 Å². The highest BCUT2D eigenvalue weighted by Crippen LogP contribution is 2.18. The highest BCUT2D eigenvalue weighted by molar-refractivity contribution is 7.89. The molecule has 0 fully saturated rings. The number of sulfonamides is 1. The number of hydrogen-bond donors (Lipinski definition) is 3. The Kier molecular flexibility index (Phi) is 4.19. The maximum atomic E-state index is 12.4. The van der Waals surface area contributed by atoms with E-state index in [1.807, 2.05) is 0 Å². The lowest BCUT2D eigenvalue weighted by atomic mass is 10.2. The van der Waals surface area contributed by atoms with E-state index in [4.69, 9.17) is 0 Å². The van der Waals surface area contributed by atoms with Crippen molar-refractivity contribution >= 4 is 32.7 Å². The number of benzene rings is 2. The number of amides is 1. The van der Waals surface area contributed by atoms with Crippen LogP contribution in [0.1, 0.15) is 10.4 Å². The Morgan fingerprint density at radius 3 is 2.48 bits per heavy atom. The molecule has 0 saturated carbocycles. The first-order chi connectivity index (χ1) is 11.8. The SMILES string of the molecule is CN(C)S(=O)(=O)c1cccc(C(=O)Nc2ccc3[nH]c(=O)[nH]c3c2)c1. The summed E-state index contributed by atoms with van der Waals surface area (Å²) in [5.41, 5.74) is 1.55. The number of nitrogens with zero attached hydrogens (tertiary/aromatic N) is 1. The molecule has 0 aliphatic carbocycles. The molecule has 0 unspecified atom stereocenters. The Morgan fingerprint density at radius 1 is 1.04 bits per heavy atom. The fourth-order valence-electron chi connectivity index (χ4n) is 2.32. The summed E-state index contributed by atoms with van der Waals surface area (Å²) in [5.74, 6) is -0.451. The summed E-state index contributed by atoms with van der Waals surface area (Å²) in [6, 6.07) is 10.7. The summed E-state index contributed by atoms with van der Waals surface area (Å²) in [7, 11) is -0.771. The third-order valence-corrected chi connectivity index (χ3v) is 5.46. The minimum atomic E-state index is -3.62. The highest BCUT2D eigenvalue weighted by atomic mass is 32.2. The van der Waals surface area contributed by atoms with Crippen molar-refractivity contribution in [3.8, 4) is 0 Å². The van der Waals surface area contributed by atoms with Gasteiger partial charge in [-0.3, -0.25) is 4.79 Å². The Bertz CT molecular complexity index is 1110. The van der Waals surface area contributed by atoms with Gasteiger partial charge in [-0.25, -0.2) is 17.5 Å². The average Bonchev–Trinajstić information content (AvgIpc) is 2.94. The molecule has 9 heteroatoms. The molecule has 130 valence electrons. The van der Waals surface area contributed by atoms with E-state index in [9.17, 15) is 18.0 Å². The minimum absolute atomic E-state index is 0.0376. The molecule has 8 nitrogen and oxygen atoms in total. The van der Waals surface area contributed by atoms with Crippen molar-refractivity contribution in [1.82, 2.24) is 14.3 Å². The molecule has 1 amide bonds. The van der Waals surface area contributed by atoms with E-state index >= 15 is 0 Å². The predicted octanol–water partition coefficient (Wildman–Crippen LogP) is 1.36. The van der Waals surface area contributed by atoms with E-state index < -0.39 is 15.9 Å². The van der Waals surface area contributed by atoms with Crippen LogP contribution in [-0.4, -0.2) is 42.7 Å². The van der Waals surface area contributed by atoms with Crippen LogP contribution in [0, 0.1) is 0 Å². The van der Waals surface area contributed by atoms with Crippen molar-refractivity contribution in [3.05, 3.63) is 58.5 Å². The Labute approximate surface area is 143 Å². The molecule has 0 bridgehead atoms. The zero-order chi connectivity index (χ0) is 18.2. The Morgan fingerprint density at radius 2 is 1.76 bits per heavy atom. The molecule has 0 aliphatic rings. The lowest BCUT2D eigenvalue weighted by molar-refractivity contribution is 0.102. The lowest BCUT2D eigenvalue weighted by Gasteiger charge is -2.12. The number of rotatable bonds is 4. The molecule has 3 aromatic rings. The van der Waals surface area contributed by atoms with E-state index in [0.717, 1.165) is 4.31 Å². The van der Waals surface area contributed by atoms with Gasteiger partial charge >= 0.3 is 5.69 Å². The third kappa shape index (κ3) is 3.32. The van der Waals surface area contributed by atoms with Crippen molar-refractivity contribution < 1.29 is 13.2 Å². The Balaban J connectivity index is 1.89. The van der Waals surface area contributed by atoms with Gasteiger partial charge in [-0.1, -0.05) is 6.07 Å². The number of nitrogens with one attached hydrogen (secondary N) is 3. The molecule has 0 spiro atoms. The first-order valence-corrected chi connectivity index (χ1v) is 8.77. The molecular weight excluding hydrogens is 344 g/mol. The summed E-state index contributed by atoms with van der Waals surface area (Å²) in [5, 5.41) is 2.68. The number of aromatic nitrogens is 2. The van der Waals surface area contributed by atoms with Crippen molar-refractivity contribution in [2.75, 3.05) is 19.4 Å². The van der Waals surface area contributed by atoms with Crippen LogP contribution in [0.2, 0.25) is 0 Å². The molecule has 25 heavy (non-hydrogen) atoms. The van der Waals surface area contributed by atoms with E-state index in [0.29, 0.717) is 16.7 Å². The number of carbonyl (C=O) groups is 1. The van der Waals surface area contributed by atoms with Gasteiger partial charge in [0.15, 0.2) is 0 Å². The summed E-state index contributed by atoms with van der Waals surface area (Å²) >= 11 is 0. The van der Waals surface area contributed by atoms with Crippen LogP contribution in [-0.2, 0) is 10.0 Å². The van der Waals surface area contributed by atoms with Crippen molar-refractivity contribution in [3.63, 3.8) is 0 Å². The molecule has 0 radical (unpaired) electrons. The van der Waals surface area contributed by atoms with Gasteiger partial charge < -0.3 is 15.3 Å². The van der Waals surface area contributed by atoms with E-state index in [-0.39, 0.29) is 16.1 Å². The fourth-order valence-corrected chi connectivity index (χ4v) is 3.27. The second-order valence-corrected chi connectivity index (χ2v) is 7.76. The normalized spacial score (nSPS) is 11.8. The van der Waals surface area contributed by atoms with Gasteiger partial charge in [0.05, 0.1) is 15.9 Å². The average molecular weight is 360 g/mol. The van der Waals surface area contributed by atoms with Crippen LogP contribution in [0.5, 0.6) is 0 Å². The summed E-state index contributed by atoms with van der Waals surface area (Å²) in [6.45, 7) is 0. The quantitative estimate of drug-likeness (QED) is 0.651. The molecule has 3 rings (SSSR count). The number of hydrogen-bond acceptors (Lipinski definition) is 4. The maximum absolute atomic E-state index is 12.4. The number of H-pyrrole nitrogens is 2. The van der Waals surface area contributed by atoms with Gasteiger partial charge in [-0.15, -0.1) is 0 Å². The molecule has 1 heterocycles. The predicted molar refractivity (Wildman–Crippen MR) is 94.2 cm³/mol. The van der Waals surface area contributed by atoms with Crippen molar-refractivity contribution in [2.45, 2.75) is 4.90 Å². The van der Waals surface area contributed by atoms with E-state index in [1.165, 1.54) is 38.4 Å². The van der Waals surface area contributed by atoms with Gasteiger partial charge in [0.1, 0.15) is 0 Å². The minimum Gasteiger partial charge on any atom is -0.322 e. The number of carbonyl (C=O) groups excluding carboxylic acids is 1. The fraction of sp³-hybridized carbons (Fsp3) is 0.125. The number of imidazole rings is 1.